The van der Waals surface area contributed by atoms with Gasteiger partial charge < -0.3 is 5.73 Å². The highest BCUT2D eigenvalue weighted by molar-refractivity contribution is 6.36. The standard InChI is InChI=1S/C12H13Cl2N3/c13-10-2-3-11(12(14)6-10)9-7-16-17(8-9)5-1-4-15/h2-3,6-8H,1,4-5,15H2. The Labute approximate surface area is 110 Å². The maximum absolute atomic E-state index is 6.14. The molecule has 2 N–H and O–H groups in total. The zero-order valence-electron chi connectivity index (χ0n) is 9.24. The number of rotatable bonds is 4. The van der Waals surface area contributed by atoms with Crippen molar-refractivity contribution in [1.29, 1.82) is 0 Å². The summed E-state index contributed by atoms with van der Waals surface area (Å²) >= 11 is 12.0. The molecule has 2 aromatic rings. The van der Waals surface area contributed by atoms with E-state index in [2.05, 4.69) is 5.10 Å². The van der Waals surface area contributed by atoms with Gasteiger partial charge >= 0.3 is 0 Å². The van der Waals surface area contributed by atoms with Crippen molar-refractivity contribution in [1.82, 2.24) is 9.78 Å². The largest absolute Gasteiger partial charge is 0.330 e. The van der Waals surface area contributed by atoms with Crippen molar-refractivity contribution in [3.63, 3.8) is 0 Å². The summed E-state index contributed by atoms with van der Waals surface area (Å²) in [6.45, 7) is 1.48. The molecule has 0 aliphatic heterocycles. The van der Waals surface area contributed by atoms with Crippen molar-refractivity contribution in [2.75, 3.05) is 6.54 Å². The lowest BCUT2D eigenvalue weighted by atomic mass is 10.1. The Bertz CT molecular complexity index is 508. The van der Waals surface area contributed by atoms with Crippen LogP contribution in [-0.2, 0) is 6.54 Å². The van der Waals surface area contributed by atoms with Gasteiger partial charge in [0.05, 0.1) is 6.20 Å². The molecule has 0 amide bonds. The predicted octanol–water partition coefficient (Wildman–Crippen LogP) is 3.21. The lowest BCUT2D eigenvalue weighted by Crippen LogP contribution is -2.05. The maximum atomic E-state index is 6.14. The summed E-state index contributed by atoms with van der Waals surface area (Å²) in [5.74, 6) is 0. The van der Waals surface area contributed by atoms with Crippen LogP contribution in [0.4, 0.5) is 0 Å². The molecule has 2 rings (SSSR count). The molecule has 1 heterocycles. The average Bonchev–Trinajstić information content (AvgIpc) is 2.75. The summed E-state index contributed by atoms with van der Waals surface area (Å²) in [7, 11) is 0. The molecule has 90 valence electrons. The average molecular weight is 270 g/mol. The van der Waals surface area contributed by atoms with Crippen LogP contribution in [0.25, 0.3) is 11.1 Å². The number of halogens is 2. The molecule has 5 heteroatoms. The number of hydrogen-bond acceptors (Lipinski definition) is 2. The van der Waals surface area contributed by atoms with Crippen molar-refractivity contribution in [2.45, 2.75) is 13.0 Å². The van der Waals surface area contributed by atoms with E-state index < -0.39 is 0 Å². The first-order valence-electron chi connectivity index (χ1n) is 5.38. The van der Waals surface area contributed by atoms with Crippen LogP contribution in [0.1, 0.15) is 6.42 Å². The third-order valence-electron chi connectivity index (χ3n) is 2.47. The van der Waals surface area contributed by atoms with E-state index in [4.69, 9.17) is 28.9 Å². The Hall–Kier alpha value is -1.03. The van der Waals surface area contributed by atoms with Gasteiger partial charge in [0.25, 0.3) is 0 Å². The molecule has 0 fully saturated rings. The van der Waals surface area contributed by atoms with Crippen LogP contribution >= 0.6 is 23.2 Å². The first kappa shape index (κ1) is 12.4. The zero-order valence-corrected chi connectivity index (χ0v) is 10.7. The SMILES string of the molecule is NCCCn1cc(-c2ccc(Cl)cc2Cl)cn1. The van der Waals surface area contributed by atoms with Gasteiger partial charge in [-0.15, -0.1) is 0 Å². The molecule has 0 unspecified atom stereocenters. The summed E-state index contributed by atoms with van der Waals surface area (Å²) in [4.78, 5) is 0. The second-order valence-corrected chi connectivity index (χ2v) is 4.60. The van der Waals surface area contributed by atoms with Crippen molar-refractivity contribution in [2.24, 2.45) is 5.73 Å². The molecule has 0 aliphatic rings. The van der Waals surface area contributed by atoms with Crippen LogP contribution in [0.5, 0.6) is 0 Å². The fourth-order valence-electron chi connectivity index (χ4n) is 1.60. The molecule has 0 radical (unpaired) electrons. The normalized spacial score (nSPS) is 10.8. The van der Waals surface area contributed by atoms with Crippen LogP contribution < -0.4 is 5.73 Å². The van der Waals surface area contributed by atoms with E-state index in [1.807, 2.05) is 23.0 Å². The highest BCUT2D eigenvalue weighted by Crippen LogP contribution is 2.29. The van der Waals surface area contributed by atoms with Gasteiger partial charge in [0.15, 0.2) is 0 Å². The number of hydrogen-bond donors (Lipinski definition) is 1. The Morgan fingerprint density at radius 2 is 2.12 bits per heavy atom. The van der Waals surface area contributed by atoms with Gasteiger partial charge in [0.2, 0.25) is 0 Å². The highest BCUT2D eigenvalue weighted by Gasteiger charge is 2.06. The summed E-state index contributed by atoms with van der Waals surface area (Å²) in [5, 5.41) is 5.53. The first-order chi connectivity index (χ1) is 8.20. The Balaban J connectivity index is 2.24. The van der Waals surface area contributed by atoms with Crippen LogP contribution in [0, 0.1) is 0 Å². The van der Waals surface area contributed by atoms with Crippen LogP contribution in [0.3, 0.4) is 0 Å². The molecular formula is C12H13Cl2N3. The molecule has 0 atom stereocenters. The van der Waals surface area contributed by atoms with Gasteiger partial charge in [0, 0.05) is 33.9 Å². The van der Waals surface area contributed by atoms with Crippen molar-refractivity contribution in [3.05, 3.63) is 40.6 Å². The second-order valence-electron chi connectivity index (χ2n) is 3.76. The number of nitrogens with two attached hydrogens (primary N) is 1. The minimum Gasteiger partial charge on any atom is -0.330 e. The minimum atomic E-state index is 0.634. The highest BCUT2D eigenvalue weighted by atomic mass is 35.5. The Morgan fingerprint density at radius 1 is 1.29 bits per heavy atom. The summed E-state index contributed by atoms with van der Waals surface area (Å²) in [5.41, 5.74) is 7.39. The van der Waals surface area contributed by atoms with E-state index in [-0.39, 0.29) is 0 Å². The van der Waals surface area contributed by atoms with E-state index in [1.165, 1.54) is 0 Å². The molecule has 17 heavy (non-hydrogen) atoms. The molecule has 0 spiro atoms. The lowest BCUT2D eigenvalue weighted by molar-refractivity contribution is 0.585. The first-order valence-corrected chi connectivity index (χ1v) is 6.14. The number of aromatic nitrogens is 2. The van der Waals surface area contributed by atoms with E-state index >= 15 is 0 Å². The van der Waals surface area contributed by atoms with Gasteiger partial charge in [0.1, 0.15) is 0 Å². The monoisotopic (exact) mass is 269 g/mol. The van der Waals surface area contributed by atoms with Crippen LogP contribution in [0.15, 0.2) is 30.6 Å². The van der Waals surface area contributed by atoms with Gasteiger partial charge in [-0.2, -0.15) is 5.10 Å². The quantitative estimate of drug-likeness (QED) is 0.927. The Kier molecular flexibility index (Phi) is 4.05. The molecule has 3 nitrogen and oxygen atoms in total. The van der Waals surface area contributed by atoms with Crippen molar-refractivity contribution < 1.29 is 0 Å². The molecule has 1 aromatic heterocycles. The van der Waals surface area contributed by atoms with Gasteiger partial charge in [-0.05, 0) is 25.1 Å². The van der Waals surface area contributed by atoms with E-state index in [9.17, 15) is 0 Å². The maximum Gasteiger partial charge on any atom is 0.0568 e. The van der Waals surface area contributed by atoms with Crippen LogP contribution in [-0.4, -0.2) is 16.3 Å². The topological polar surface area (TPSA) is 43.8 Å². The fourth-order valence-corrected chi connectivity index (χ4v) is 2.12. The van der Waals surface area contributed by atoms with Crippen LogP contribution in [0.2, 0.25) is 10.0 Å². The van der Waals surface area contributed by atoms with E-state index in [0.717, 1.165) is 24.1 Å². The van der Waals surface area contributed by atoms with Gasteiger partial charge in [-0.3, -0.25) is 4.68 Å². The number of benzene rings is 1. The van der Waals surface area contributed by atoms with E-state index in [1.54, 1.807) is 12.3 Å². The molecule has 0 bridgehead atoms. The molecule has 0 saturated heterocycles. The smallest absolute Gasteiger partial charge is 0.0568 e. The van der Waals surface area contributed by atoms with Crippen molar-refractivity contribution >= 4 is 23.2 Å². The number of aryl methyl sites for hydroxylation is 1. The second kappa shape index (κ2) is 5.54. The Morgan fingerprint density at radius 3 is 2.82 bits per heavy atom. The third kappa shape index (κ3) is 3.00. The summed E-state index contributed by atoms with van der Waals surface area (Å²) in [6.07, 6.45) is 4.67. The van der Waals surface area contributed by atoms with E-state index in [0.29, 0.717) is 16.6 Å². The molecule has 1 aromatic carbocycles. The lowest BCUT2D eigenvalue weighted by Gasteiger charge is -2.01. The minimum absolute atomic E-state index is 0.634. The third-order valence-corrected chi connectivity index (χ3v) is 3.01. The summed E-state index contributed by atoms with van der Waals surface area (Å²) < 4.78 is 1.87. The summed E-state index contributed by atoms with van der Waals surface area (Å²) in [6, 6.07) is 5.45. The van der Waals surface area contributed by atoms with Crippen molar-refractivity contribution in [3.8, 4) is 11.1 Å². The number of nitrogens with zero attached hydrogens (tertiary/aromatic N) is 2. The fraction of sp³-hybridized carbons (Fsp3) is 0.250. The van der Waals surface area contributed by atoms with Gasteiger partial charge in [-0.1, -0.05) is 29.3 Å². The van der Waals surface area contributed by atoms with Gasteiger partial charge in [-0.25, -0.2) is 0 Å². The molecule has 0 saturated carbocycles. The molecular weight excluding hydrogens is 257 g/mol. The molecule has 0 aliphatic carbocycles. The predicted molar refractivity (Wildman–Crippen MR) is 71.4 cm³/mol. The zero-order chi connectivity index (χ0) is 12.3.